The van der Waals surface area contributed by atoms with Gasteiger partial charge >= 0.3 is 98.4 Å². The molecule has 1 unspecified atom stereocenters. The van der Waals surface area contributed by atoms with Gasteiger partial charge in [-0.05, 0) is 0 Å². The molecule has 0 saturated carbocycles. The predicted molar refractivity (Wildman–Crippen MR) is 57.7 cm³/mol. The van der Waals surface area contributed by atoms with Crippen molar-refractivity contribution in [3.8, 4) is 0 Å². The second-order valence-corrected chi connectivity index (χ2v) is 8.96. The molecule has 0 saturated heterocycles. The Morgan fingerprint density at radius 3 is 2.38 bits per heavy atom. The first kappa shape index (κ1) is 16.4. The molecule has 0 aliphatic heterocycles. The second-order valence-electron chi connectivity index (χ2n) is 4.30. The smallest absolute Gasteiger partial charge is 1.00 e. The van der Waals surface area contributed by atoms with Crippen molar-refractivity contribution < 1.29 is 48.0 Å². The van der Waals surface area contributed by atoms with E-state index >= 15 is 0 Å². The van der Waals surface area contributed by atoms with Crippen LogP contribution in [0.25, 0.3) is 0 Å². The fraction of sp³-hybridized carbons (Fsp3) is 0.385. The molecule has 0 heterocycles. The van der Waals surface area contributed by atoms with Crippen molar-refractivity contribution in [2.75, 3.05) is 0 Å². The Balaban J connectivity index is 0.00000112. The number of hydrogen-bond donors (Lipinski definition) is 0. The van der Waals surface area contributed by atoms with Crippen LogP contribution in [0, 0.1) is 0 Å². The fourth-order valence-corrected chi connectivity index (χ4v) is 5.81. The molecular weight excluding hydrogens is 318 g/mol. The monoisotopic (exact) mass is 332 g/mol. The van der Waals surface area contributed by atoms with Gasteiger partial charge in [0.25, 0.3) is 0 Å². The summed E-state index contributed by atoms with van der Waals surface area (Å²) in [6.45, 7) is 6.95. The van der Waals surface area contributed by atoms with E-state index in [0.29, 0.717) is 3.12 Å². The molecule has 2 aliphatic rings. The van der Waals surface area contributed by atoms with Crippen molar-refractivity contribution >= 4 is 0 Å². The normalized spacial score (nSPS) is 26.1. The maximum atomic E-state index is 2.41. The molecule has 0 bridgehead atoms. The van der Waals surface area contributed by atoms with E-state index in [0.717, 1.165) is 0 Å². The molecule has 0 fully saturated rings. The maximum absolute atomic E-state index is 2.41. The molecule has 0 radical (unpaired) electrons. The quantitative estimate of drug-likeness (QED) is 0.548. The summed E-state index contributed by atoms with van der Waals surface area (Å²) in [6, 6.07) is 0. The second kappa shape index (κ2) is 6.38. The molecule has 0 aromatic heterocycles. The molecule has 16 heavy (non-hydrogen) atoms. The molecule has 2 aliphatic carbocycles. The van der Waals surface area contributed by atoms with Gasteiger partial charge in [0.2, 0.25) is 0 Å². The zero-order valence-electron chi connectivity index (χ0n) is 9.85. The Bertz CT molecular complexity index is 377. The van der Waals surface area contributed by atoms with Crippen molar-refractivity contribution in [2.45, 2.75) is 30.3 Å². The average Bonchev–Trinajstić information content (AvgIpc) is 2.64. The van der Waals surface area contributed by atoms with E-state index in [1.165, 1.54) is 6.42 Å². The van der Waals surface area contributed by atoms with Gasteiger partial charge in [0.15, 0.2) is 0 Å². The van der Waals surface area contributed by atoms with Crippen LogP contribution in [-0.2, 0) is 23.2 Å². The molecule has 3 heteroatoms. The third kappa shape index (κ3) is 3.22. The molecule has 1 atom stereocenters. The van der Waals surface area contributed by atoms with Gasteiger partial charge in [0, 0.05) is 0 Å². The Labute approximate surface area is 122 Å². The van der Waals surface area contributed by atoms with E-state index in [-0.39, 0.29) is 24.8 Å². The van der Waals surface area contributed by atoms with Crippen LogP contribution >= 0.6 is 0 Å². The van der Waals surface area contributed by atoms with Crippen LogP contribution in [0.4, 0.5) is 0 Å². The summed E-state index contributed by atoms with van der Waals surface area (Å²) >= 11 is -0.468. The zero-order valence-corrected chi connectivity index (χ0v) is 13.8. The molecule has 0 aromatic carbocycles. The number of hydrogen-bond acceptors (Lipinski definition) is 0. The minimum absolute atomic E-state index is 0. The first-order valence-corrected chi connectivity index (χ1v) is 7.59. The molecule has 86 valence electrons. The summed E-state index contributed by atoms with van der Waals surface area (Å²) < 4.78 is 2.22. The Morgan fingerprint density at radius 2 is 1.94 bits per heavy atom. The molecule has 0 spiro atoms. The van der Waals surface area contributed by atoms with Gasteiger partial charge < -0.3 is 24.8 Å². The van der Waals surface area contributed by atoms with Gasteiger partial charge in [-0.3, -0.25) is 0 Å². The van der Waals surface area contributed by atoms with Gasteiger partial charge in [-0.2, -0.15) is 0 Å². The van der Waals surface area contributed by atoms with Crippen LogP contribution in [0.15, 0.2) is 44.8 Å². The van der Waals surface area contributed by atoms with Crippen molar-refractivity contribution in [3.05, 3.63) is 44.8 Å². The topological polar surface area (TPSA) is 0 Å². The maximum Gasteiger partial charge on any atom is -1.00 e. The van der Waals surface area contributed by atoms with E-state index in [2.05, 4.69) is 51.2 Å². The summed E-state index contributed by atoms with van der Waals surface area (Å²) in [7, 11) is 0. The van der Waals surface area contributed by atoms with Crippen LogP contribution in [0.1, 0.15) is 27.2 Å². The van der Waals surface area contributed by atoms with Crippen molar-refractivity contribution in [1.29, 1.82) is 0 Å². The number of halogens is 2. The summed E-state index contributed by atoms with van der Waals surface area (Å²) in [5.74, 6) is 0. The minimum atomic E-state index is -0.468. The molecule has 0 aromatic rings. The van der Waals surface area contributed by atoms with Gasteiger partial charge in [-0.1, -0.05) is 0 Å². The van der Waals surface area contributed by atoms with Crippen LogP contribution in [0.2, 0.25) is 3.12 Å². The largest absolute Gasteiger partial charge is 1.00 e. The van der Waals surface area contributed by atoms with Crippen LogP contribution in [0.3, 0.4) is 0 Å². The molecule has 0 nitrogen and oxygen atoms in total. The van der Waals surface area contributed by atoms with E-state index in [1.807, 2.05) is 0 Å². The van der Waals surface area contributed by atoms with Crippen molar-refractivity contribution in [1.82, 2.24) is 0 Å². The first-order chi connectivity index (χ1) is 6.62. The number of rotatable bonds is 2. The van der Waals surface area contributed by atoms with Crippen LogP contribution < -0.4 is 24.8 Å². The summed E-state index contributed by atoms with van der Waals surface area (Å²) in [6.07, 6.45) is 12.7. The van der Waals surface area contributed by atoms with E-state index in [1.54, 1.807) is 14.4 Å². The molecule has 0 N–H and O–H groups in total. The summed E-state index contributed by atoms with van der Waals surface area (Å²) in [4.78, 5) is 0. The molecule has 2 rings (SSSR count). The number of allylic oxidation sites excluding steroid dienone is 8. The van der Waals surface area contributed by atoms with Crippen LogP contribution in [0.5, 0.6) is 0 Å². The van der Waals surface area contributed by atoms with Gasteiger partial charge in [-0.15, -0.1) is 0 Å². The van der Waals surface area contributed by atoms with Gasteiger partial charge in [0.1, 0.15) is 0 Å². The Kier molecular flexibility index (Phi) is 6.55. The zero-order chi connectivity index (χ0) is 10.2. The third-order valence-electron chi connectivity index (χ3n) is 3.17. The molecular formula is C13H16Cl2Zr. The fourth-order valence-electron chi connectivity index (χ4n) is 1.91. The summed E-state index contributed by atoms with van der Waals surface area (Å²) in [5, 5.41) is 0. The average molecular weight is 334 g/mol. The first-order valence-electron chi connectivity index (χ1n) is 5.13. The SMILES string of the molecule is CC1=CC=C[C]1(C)[Zr+2][C]1=C(C)C=CC1.[Cl-].[Cl-]. The van der Waals surface area contributed by atoms with Crippen molar-refractivity contribution in [2.24, 2.45) is 0 Å². The Morgan fingerprint density at radius 1 is 1.25 bits per heavy atom. The predicted octanol–water partition coefficient (Wildman–Crippen LogP) is -1.99. The minimum Gasteiger partial charge on any atom is -1.00 e. The van der Waals surface area contributed by atoms with E-state index in [4.69, 9.17) is 0 Å². The van der Waals surface area contributed by atoms with Gasteiger partial charge in [-0.25, -0.2) is 0 Å². The van der Waals surface area contributed by atoms with E-state index < -0.39 is 23.2 Å². The summed E-state index contributed by atoms with van der Waals surface area (Å²) in [5.41, 5.74) is 3.11. The van der Waals surface area contributed by atoms with E-state index in [9.17, 15) is 0 Å². The van der Waals surface area contributed by atoms with Gasteiger partial charge in [0.05, 0.1) is 0 Å². The third-order valence-corrected chi connectivity index (χ3v) is 8.04. The standard InChI is InChI=1S/C7H9.C6H7.2ClH.Zr/c1-6-4-3-5-7(6)2;1-6-4-2-3-5-6;;;/h3-5H,1-2H3;2,4H,3H2,1H3;2*1H;/q;;;;+2/p-2. The Hall–Kier alpha value is 0.423. The van der Waals surface area contributed by atoms with Crippen molar-refractivity contribution in [3.63, 3.8) is 0 Å². The molecule has 0 amide bonds. The van der Waals surface area contributed by atoms with Crippen LogP contribution in [-0.4, -0.2) is 0 Å².